The molecule has 26 heavy (non-hydrogen) atoms. The van der Waals surface area contributed by atoms with Gasteiger partial charge in [0.1, 0.15) is 24.5 Å². The van der Waals surface area contributed by atoms with Gasteiger partial charge in [0.25, 0.3) is 0 Å². The zero-order chi connectivity index (χ0) is 17.9. The minimum absolute atomic E-state index is 0.712. The number of aryl methyl sites for hydroxylation is 2. The summed E-state index contributed by atoms with van der Waals surface area (Å²) in [6.45, 7) is 7.64. The van der Waals surface area contributed by atoms with Gasteiger partial charge in [0.15, 0.2) is 5.65 Å². The van der Waals surface area contributed by atoms with Crippen LogP contribution in [0.5, 0.6) is 5.75 Å². The molecular formula is C19H24N6O. The van der Waals surface area contributed by atoms with Gasteiger partial charge in [-0.05, 0) is 24.6 Å². The van der Waals surface area contributed by atoms with Crippen molar-refractivity contribution in [1.82, 2.24) is 24.6 Å². The van der Waals surface area contributed by atoms with Crippen molar-refractivity contribution in [3.63, 3.8) is 0 Å². The first kappa shape index (κ1) is 16.8. The molecule has 136 valence electrons. The fourth-order valence-electron chi connectivity index (χ4n) is 3.38. The first-order valence-corrected chi connectivity index (χ1v) is 9.00. The number of nitrogens with zero attached hydrogens (tertiary/aromatic N) is 6. The van der Waals surface area contributed by atoms with Crippen LogP contribution < -0.4 is 9.64 Å². The van der Waals surface area contributed by atoms with Crippen LogP contribution in [-0.4, -0.2) is 64.0 Å². The van der Waals surface area contributed by atoms with Crippen molar-refractivity contribution in [2.45, 2.75) is 6.92 Å². The van der Waals surface area contributed by atoms with Crippen molar-refractivity contribution in [3.05, 3.63) is 42.4 Å². The Balaban J connectivity index is 1.31. The Labute approximate surface area is 153 Å². The van der Waals surface area contributed by atoms with E-state index in [2.05, 4.69) is 43.9 Å². The molecule has 1 fully saturated rings. The average Bonchev–Trinajstić information content (AvgIpc) is 3.04. The molecule has 0 radical (unpaired) electrons. The van der Waals surface area contributed by atoms with E-state index in [9.17, 15) is 0 Å². The molecule has 0 atom stereocenters. The first-order chi connectivity index (χ1) is 12.7. The van der Waals surface area contributed by atoms with Crippen molar-refractivity contribution in [2.75, 3.05) is 44.2 Å². The van der Waals surface area contributed by atoms with Crippen LogP contribution in [0.4, 0.5) is 5.82 Å². The summed E-state index contributed by atoms with van der Waals surface area (Å²) < 4.78 is 7.67. The molecule has 1 aliphatic rings. The zero-order valence-corrected chi connectivity index (χ0v) is 15.3. The van der Waals surface area contributed by atoms with Gasteiger partial charge < -0.3 is 9.64 Å². The second kappa shape index (κ2) is 7.29. The third kappa shape index (κ3) is 3.48. The summed E-state index contributed by atoms with van der Waals surface area (Å²) in [5.41, 5.74) is 2.10. The Morgan fingerprint density at radius 3 is 2.77 bits per heavy atom. The second-order valence-corrected chi connectivity index (χ2v) is 6.70. The van der Waals surface area contributed by atoms with Gasteiger partial charge in [-0.25, -0.2) is 9.97 Å². The Kier molecular flexibility index (Phi) is 4.71. The summed E-state index contributed by atoms with van der Waals surface area (Å²) in [5, 5.41) is 5.32. The number of ether oxygens (including phenoxy) is 1. The summed E-state index contributed by atoms with van der Waals surface area (Å²) in [6.07, 6.45) is 3.48. The molecular weight excluding hydrogens is 328 g/mol. The molecule has 0 amide bonds. The Bertz CT molecular complexity index is 885. The van der Waals surface area contributed by atoms with Crippen molar-refractivity contribution in [2.24, 2.45) is 7.05 Å². The van der Waals surface area contributed by atoms with Crippen molar-refractivity contribution >= 4 is 16.9 Å². The molecule has 0 unspecified atom stereocenters. The third-order valence-corrected chi connectivity index (χ3v) is 4.85. The van der Waals surface area contributed by atoms with Crippen molar-refractivity contribution in [1.29, 1.82) is 0 Å². The summed E-state index contributed by atoms with van der Waals surface area (Å²) >= 11 is 0. The molecule has 0 bridgehead atoms. The van der Waals surface area contributed by atoms with E-state index in [-0.39, 0.29) is 0 Å². The molecule has 4 rings (SSSR count). The molecule has 2 aromatic heterocycles. The quantitative estimate of drug-likeness (QED) is 0.699. The van der Waals surface area contributed by atoms with E-state index >= 15 is 0 Å². The van der Waals surface area contributed by atoms with E-state index in [4.69, 9.17) is 4.74 Å². The predicted octanol–water partition coefficient (Wildman–Crippen LogP) is 1.87. The zero-order valence-electron chi connectivity index (χ0n) is 15.3. The maximum Gasteiger partial charge on any atom is 0.163 e. The normalized spacial score (nSPS) is 15.5. The number of anilines is 1. The smallest absolute Gasteiger partial charge is 0.163 e. The highest BCUT2D eigenvalue weighted by atomic mass is 16.5. The van der Waals surface area contributed by atoms with Gasteiger partial charge in [0.2, 0.25) is 0 Å². The summed E-state index contributed by atoms with van der Waals surface area (Å²) in [4.78, 5) is 13.6. The van der Waals surface area contributed by atoms with E-state index in [0.717, 1.165) is 55.3 Å². The van der Waals surface area contributed by atoms with Crippen LogP contribution in [0.15, 0.2) is 36.8 Å². The summed E-state index contributed by atoms with van der Waals surface area (Å²) in [5.74, 6) is 1.93. The number of fused-ring (bicyclic) bond motifs is 1. The highest BCUT2D eigenvalue weighted by Crippen LogP contribution is 2.23. The van der Waals surface area contributed by atoms with Gasteiger partial charge >= 0.3 is 0 Å². The third-order valence-electron chi connectivity index (χ3n) is 4.85. The van der Waals surface area contributed by atoms with Crippen LogP contribution in [0.25, 0.3) is 11.0 Å². The van der Waals surface area contributed by atoms with E-state index in [1.807, 2.05) is 25.4 Å². The molecule has 0 spiro atoms. The molecule has 7 nitrogen and oxygen atoms in total. The van der Waals surface area contributed by atoms with Crippen LogP contribution in [0.3, 0.4) is 0 Å². The number of hydrogen-bond donors (Lipinski definition) is 0. The van der Waals surface area contributed by atoms with Crippen LogP contribution >= 0.6 is 0 Å². The average molecular weight is 352 g/mol. The number of aromatic nitrogens is 4. The molecule has 7 heteroatoms. The first-order valence-electron chi connectivity index (χ1n) is 9.00. The number of rotatable bonds is 5. The maximum absolute atomic E-state index is 5.87. The largest absolute Gasteiger partial charge is 0.492 e. The lowest BCUT2D eigenvalue weighted by Gasteiger charge is -2.35. The fourth-order valence-corrected chi connectivity index (χ4v) is 3.38. The van der Waals surface area contributed by atoms with Crippen LogP contribution in [0.1, 0.15) is 5.56 Å². The van der Waals surface area contributed by atoms with E-state index < -0.39 is 0 Å². The van der Waals surface area contributed by atoms with E-state index in [0.29, 0.717) is 6.61 Å². The minimum atomic E-state index is 0.712. The Hall–Kier alpha value is -2.67. The molecule has 0 N–H and O–H groups in total. The second-order valence-electron chi connectivity index (χ2n) is 6.70. The molecule has 3 aromatic rings. The van der Waals surface area contributed by atoms with Crippen LogP contribution in [0, 0.1) is 6.92 Å². The highest BCUT2D eigenvalue weighted by Gasteiger charge is 2.20. The fraction of sp³-hybridized carbons (Fsp3) is 0.421. The molecule has 3 heterocycles. The topological polar surface area (TPSA) is 59.3 Å². The van der Waals surface area contributed by atoms with Gasteiger partial charge in [-0.1, -0.05) is 12.1 Å². The standard InChI is InChI=1S/C19H24N6O/c1-15-4-3-5-16(12-15)26-11-10-24-6-8-25(9-7-24)19-17-13-22-23(2)18(17)20-14-21-19/h3-5,12-14H,6-11H2,1-2H3. The Morgan fingerprint density at radius 1 is 1.12 bits per heavy atom. The van der Waals surface area contributed by atoms with Gasteiger partial charge in [-0.2, -0.15) is 5.10 Å². The predicted molar refractivity (Wildman–Crippen MR) is 102 cm³/mol. The van der Waals surface area contributed by atoms with Gasteiger partial charge in [0, 0.05) is 39.8 Å². The van der Waals surface area contributed by atoms with Crippen molar-refractivity contribution < 1.29 is 4.74 Å². The van der Waals surface area contributed by atoms with Gasteiger partial charge in [-0.15, -0.1) is 0 Å². The monoisotopic (exact) mass is 352 g/mol. The van der Waals surface area contributed by atoms with Gasteiger partial charge in [-0.3, -0.25) is 9.58 Å². The number of hydrogen-bond acceptors (Lipinski definition) is 6. The lowest BCUT2D eigenvalue weighted by molar-refractivity contribution is 0.200. The molecule has 1 aliphatic heterocycles. The number of piperazine rings is 1. The van der Waals surface area contributed by atoms with Crippen molar-refractivity contribution in [3.8, 4) is 5.75 Å². The maximum atomic E-state index is 5.87. The van der Waals surface area contributed by atoms with E-state index in [1.54, 1.807) is 11.0 Å². The molecule has 1 saturated heterocycles. The summed E-state index contributed by atoms with van der Waals surface area (Å²) in [7, 11) is 1.91. The SMILES string of the molecule is Cc1cccc(OCCN2CCN(c3ncnc4c3cnn4C)CC2)c1. The summed E-state index contributed by atoms with van der Waals surface area (Å²) in [6, 6.07) is 8.20. The Morgan fingerprint density at radius 2 is 1.96 bits per heavy atom. The highest BCUT2D eigenvalue weighted by molar-refractivity contribution is 5.86. The van der Waals surface area contributed by atoms with Crippen LogP contribution in [-0.2, 0) is 7.05 Å². The van der Waals surface area contributed by atoms with Crippen LogP contribution in [0.2, 0.25) is 0 Å². The van der Waals surface area contributed by atoms with E-state index in [1.165, 1.54) is 5.56 Å². The molecule has 0 saturated carbocycles. The molecule has 0 aliphatic carbocycles. The van der Waals surface area contributed by atoms with Gasteiger partial charge in [0.05, 0.1) is 11.6 Å². The lowest BCUT2D eigenvalue weighted by atomic mass is 10.2. The minimum Gasteiger partial charge on any atom is -0.492 e. The molecule has 1 aromatic carbocycles. The number of benzene rings is 1. The lowest BCUT2D eigenvalue weighted by Crippen LogP contribution is -2.47.